The molecule has 0 bridgehead atoms. The van der Waals surface area contributed by atoms with Crippen molar-refractivity contribution >= 4 is 22.9 Å². The van der Waals surface area contributed by atoms with E-state index >= 15 is 0 Å². The van der Waals surface area contributed by atoms with Gasteiger partial charge in [-0.3, -0.25) is 0 Å². The summed E-state index contributed by atoms with van der Waals surface area (Å²) >= 11 is 7.59. The first kappa shape index (κ1) is 12.5. The van der Waals surface area contributed by atoms with E-state index in [4.69, 9.17) is 11.6 Å². The lowest BCUT2D eigenvalue weighted by molar-refractivity contribution is 0.621. The molecule has 1 nitrogen and oxygen atoms in total. The normalized spacial score (nSPS) is 12.6. The van der Waals surface area contributed by atoms with Crippen molar-refractivity contribution in [1.82, 2.24) is 4.98 Å². The maximum Gasteiger partial charge on any atom is 0.123 e. The lowest BCUT2D eigenvalue weighted by Gasteiger charge is -2.12. The molecule has 0 fully saturated rings. The first-order valence-electron chi connectivity index (χ1n) is 5.41. The number of hydrogen-bond acceptors (Lipinski definition) is 2. The van der Waals surface area contributed by atoms with Crippen LogP contribution in [0.1, 0.15) is 22.2 Å². The highest BCUT2D eigenvalue weighted by Gasteiger charge is 2.13. The van der Waals surface area contributed by atoms with Crippen molar-refractivity contribution in [3.05, 3.63) is 51.7 Å². The van der Waals surface area contributed by atoms with Crippen molar-refractivity contribution in [2.45, 2.75) is 19.3 Å². The van der Waals surface area contributed by atoms with Gasteiger partial charge in [0.25, 0.3) is 0 Å². The average Bonchev–Trinajstić information content (AvgIpc) is 2.72. The molecule has 2 rings (SSSR count). The second-order valence-electron chi connectivity index (χ2n) is 3.99. The minimum absolute atomic E-state index is 0.123. The van der Waals surface area contributed by atoms with Gasteiger partial charge in [0.05, 0.1) is 5.01 Å². The predicted octanol–water partition coefficient (Wildman–Crippen LogP) is 4.16. The first-order valence-corrected chi connectivity index (χ1v) is 6.83. The average molecular weight is 270 g/mol. The molecule has 1 heterocycles. The number of hydrogen-bond donors (Lipinski definition) is 0. The quantitative estimate of drug-likeness (QED) is 0.760. The summed E-state index contributed by atoms with van der Waals surface area (Å²) in [7, 11) is 0. The van der Waals surface area contributed by atoms with Crippen molar-refractivity contribution in [1.29, 1.82) is 0 Å². The van der Waals surface area contributed by atoms with Crippen LogP contribution in [0.5, 0.6) is 0 Å². The number of rotatable bonds is 4. The minimum Gasteiger partial charge on any atom is -0.247 e. The minimum atomic E-state index is -0.215. The van der Waals surface area contributed by atoms with Gasteiger partial charge in [-0.25, -0.2) is 9.37 Å². The van der Waals surface area contributed by atoms with E-state index in [1.54, 1.807) is 23.5 Å². The highest BCUT2D eigenvalue weighted by atomic mass is 35.5. The molecular weight excluding hydrogens is 257 g/mol. The Kier molecular flexibility index (Phi) is 4.13. The standard InChI is InChI=1S/C13H13ClFNS/c1-9-8-17-13(16-9)6-11(7-14)10-3-2-4-12(15)5-10/h2-5,8,11H,6-7H2,1H3. The van der Waals surface area contributed by atoms with Crippen molar-refractivity contribution in [2.24, 2.45) is 0 Å². The number of alkyl halides is 1. The Bertz CT molecular complexity index is 498. The molecule has 0 saturated carbocycles. The summed E-state index contributed by atoms with van der Waals surface area (Å²) in [6, 6.07) is 6.63. The highest BCUT2D eigenvalue weighted by molar-refractivity contribution is 7.09. The van der Waals surface area contributed by atoms with Crippen molar-refractivity contribution in [2.75, 3.05) is 5.88 Å². The molecular formula is C13H13ClFNS. The maximum atomic E-state index is 13.2. The van der Waals surface area contributed by atoms with E-state index in [1.165, 1.54) is 6.07 Å². The third-order valence-corrected chi connectivity index (χ3v) is 3.96. The maximum absolute atomic E-state index is 13.2. The third kappa shape index (κ3) is 3.27. The molecule has 0 radical (unpaired) electrons. The van der Waals surface area contributed by atoms with E-state index < -0.39 is 0 Å². The van der Waals surface area contributed by atoms with Gasteiger partial charge in [0, 0.05) is 29.3 Å². The van der Waals surface area contributed by atoms with E-state index in [9.17, 15) is 4.39 Å². The summed E-state index contributed by atoms with van der Waals surface area (Å²) in [5.41, 5.74) is 1.96. The topological polar surface area (TPSA) is 12.9 Å². The SMILES string of the molecule is Cc1csc(CC(CCl)c2cccc(F)c2)n1. The van der Waals surface area contributed by atoms with Gasteiger partial charge in [-0.1, -0.05) is 12.1 Å². The van der Waals surface area contributed by atoms with E-state index in [2.05, 4.69) is 4.98 Å². The fraction of sp³-hybridized carbons (Fsp3) is 0.308. The summed E-state index contributed by atoms with van der Waals surface area (Å²) in [5.74, 6) is 0.382. The van der Waals surface area contributed by atoms with Crippen molar-refractivity contribution in [3.8, 4) is 0 Å². The molecule has 4 heteroatoms. The molecule has 0 aliphatic carbocycles. The Labute approximate surface area is 109 Å². The lowest BCUT2D eigenvalue weighted by atomic mass is 9.98. The van der Waals surface area contributed by atoms with Gasteiger partial charge in [-0.15, -0.1) is 22.9 Å². The predicted molar refractivity (Wildman–Crippen MR) is 70.4 cm³/mol. The van der Waals surface area contributed by atoms with Gasteiger partial charge in [0.2, 0.25) is 0 Å². The van der Waals surface area contributed by atoms with Crippen LogP contribution < -0.4 is 0 Å². The zero-order valence-corrected chi connectivity index (χ0v) is 11.1. The molecule has 0 N–H and O–H groups in total. The Balaban J connectivity index is 2.16. The molecule has 2 aromatic rings. The molecule has 0 saturated heterocycles. The number of benzene rings is 1. The molecule has 1 unspecified atom stereocenters. The highest BCUT2D eigenvalue weighted by Crippen LogP contribution is 2.24. The Morgan fingerprint density at radius 3 is 2.88 bits per heavy atom. The van der Waals surface area contributed by atoms with E-state index in [0.29, 0.717) is 5.88 Å². The molecule has 0 aliphatic rings. The van der Waals surface area contributed by atoms with Crippen LogP contribution in [0.3, 0.4) is 0 Å². The van der Waals surface area contributed by atoms with Crippen LogP contribution in [0, 0.1) is 12.7 Å². The molecule has 1 aromatic carbocycles. The summed E-state index contributed by atoms with van der Waals surface area (Å²) in [6.45, 7) is 1.97. The van der Waals surface area contributed by atoms with E-state index in [1.807, 2.05) is 18.4 Å². The molecule has 1 aromatic heterocycles. The Morgan fingerprint density at radius 2 is 2.29 bits per heavy atom. The van der Waals surface area contributed by atoms with Gasteiger partial charge in [-0.2, -0.15) is 0 Å². The number of aryl methyl sites for hydroxylation is 1. The number of thiazole rings is 1. The van der Waals surface area contributed by atoms with E-state index in [-0.39, 0.29) is 11.7 Å². The van der Waals surface area contributed by atoms with Gasteiger partial charge in [0.1, 0.15) is 5.82 Å². The molecule has 0 aliphatic heterocycles. The Morgan fingerprint density at radius 1 is 1.47 bits per heavy atom. The molecule has 17 heavy (non-hydrogen) atoms. The smallest absolute Gasteiger partial charge is 0.123 e. The van der Waals surface area contributed by atoms with Crippen LogP contribution >= 0.6 is 22.9 Å². The van der Waals surface area contributed by atoms with Gasteiger partial charge in [-0.05, 0) is 24.6 Å². The van der Waals surface area contributed by atoms with Crippen LogP contribution in [-0.4, -0.2) is 10.9 Å². The number of aromatic nitrogens is 1. The summed E-state index contributed by atoms with van der Waals surface area (Å²) < 4.78 is 13.2. The van der Waals surface area contributed by atoms with Crippen LogP contribution in [0.4, 0.5) is 4.39 Å². The molecule has 0 spiro atoms. The molecule has 90 valence electrons. The Hall–Kier alpha value is -0.930. The molecule has 0 amide bonds. The fourth-order valence-electron chi connectivity index (χ4n) is 1.73. The van der Waals surface area contributed by atoms with Crippen molar-refractivity contribution in [3.63, 3.8) is 0 Å². The second-order valence-corrected chi connectivity index (χ2v) is 5.24. The lowest BCUT2D eigenvalue weighted by Crippen LogP contribution is -2.05. The van der Waals surface area contributed by atoms with E-state index in [0.717, 1.165) is 22.7 Å². The fourth-order valence-corrected chi connectivity index (χ4v) is 2.87. The van der Waals surface area contributed by atoms with Crippen LogP contribution in [0.25, 0.3) is 0 Å². The third-order valence-electron chi connectivity index (χ3n) is 2.59. The van der Waals surface area contributed by atoms with Crippen molar-refractivity contribution < 1.29 is 4.39 Å². The van der Waals surface area contributed by atoms with Crippen LogP contribution in [0.2, 0.25) is 0 Å². The number of nitrogens with zero attached hydrogens (tertiary/aromatic N) is 1. The molecule has 1 atom stereocenters. The van der Waals surface area contributed by atoms with Gasteiger partial charge in [0.15, 0.2) is 0 Å². The monoisotopic (exact) mass is 269 g/mol. The second kappa shape index (κ2) is 5.61. The summed E-state index contributed by atoms with van der Waals surface area (Å²) in [6.07, 6.45) is 0.769. The van der Waals surface area contributed by atoms with Gasteiger partial charge >= 0.3 is 0 Å². The zero-order chi connectivity index (χ0) is 12.3. The van der Waals surface area contributed by atoms with Crippen LogP contribution in [0.15, 0.2) is 29.6 Å². The largest absolute Gasteiger partial charge is 0.247 e. The van der Waals surface area contributed by atoms with Gasteiger partial charge < -0.3 is 0 Å². The number of halogens is 2. The summed E-state index contributed by atoms with van der Waals surface area (Å²) in [5, 5.41) is 3.07. The van der Waals surface area contributed by atoms with Crippen LogP contribution in [-0.2, 0) is 6.42 Å². The zero-order valence-electron chi connectivity index (χ0n) is 9.49. The first-order chi connectivity index (χ1) is 8.19. The summed E-state index contributed by atoms with van der Waals surface area (Å²) in [4.78, 5) is 4.41.